The van der Waals surface area contributed by atoms with Crippen LogP contribution in [0.3, 0.4) is 0 Å². The molecule has 232 valence electrons. The van der Waals surface area contributed by atoms with Crippen molar-refractivity contribution in [1.29, 1.82) is 0 Å². The third kappa shape index (κ3) is 8.22. The number of fused-ring (bicyclic) bond motifs is 1. The zero-order valence-corrected chi connectivity index (χ0v) is 22.3. The number of nitrogens with two attached hydrogens (primary N) is 1. The molecule has 0 bridgehead atoms. The number of hydrogen-bond donors (Lipinski definition) is 3. The van der Waals surface area contributed by atoms with Crippen LogP contribution in [0, 0.1) is 11.8 Å². The fraction of sp³-hybridized carbons (Fsp3) is 0.481. The molecule has 0 unspecified atom stereocenters. The van der Waals surface area contributed by atoms with E-state index in [1.54, 1.807) is 13.8 Å². The summed E-state index contributed by atoms with van der Waals surface area (Å²) in [5.74, 6) is -0.803. The SMILES string of the molecule is CC(C)C(=O)O.NC(=O)N(Cc1cc(C(F)(F)F)cc(C(F)(F)F)c1)[C@H]1C[C@@H](C2CC2)Nc2ccc(C(F)(F)F)cc21. The Hall–Kier alpha value is -3.65. The first-order valence-electron chi connectivity index (χ1n) is 12.7. The highest BCUT2D eigenvalue weighted by Gasteiger charge is 2.42. The molecule has 0 aromatic heterocycles. The number of rotatable bonds is 5. The highest BCUT2D eigenvalue weighted by molar-refractivity contribution is 5.74. The number of alkyl halides is 9. The van der Waals surface area contributed by atoms with Crippen molar-refractivity contribution >= 4 is 17.7 Å². The molecule has 42 heavy (non-hydrogen) atoms. The van der Waals surface area contributed by atoms with Crippen molar-refractivity contribution in [2.24, 2.45) is 17.6 Å². The number of nitrogens with zero attached hydrogens (tertiary/aromatic N) is 1. The second kappa shape index (κ2) is 11.9. The first-order chi connectivity index (χ1) is 19.2. The van der Waals surface area contributed by atoms with Gasteiger partial charge in [0.2, 0.25) is 0 Å². The Morgan fingerprint density at radius 1 is 0.905 bits per heavy atom. The minimum absolute atomic E-state index is 0.0311. The molecule has 2 aliphatic rings. The molecular weight excluding hydrogens is 585 g/mol. The van der Waals surface area contributed by atoms with Crippen LogP contribution in [0.5, 0.6) is 0 Å². The number of halogens is 9. The number of hydrogen-bond acceptors (Lipinski definition) is 3. The second-order valence-corrected chi connectivity index (χ2v) is 10.5. The summed E-state index contributed by atoms with van der Waals surface area (Å²) in [7, 11) is 0. The molecule has 2 aromatic carbocycles. The summed E-state index contributed by atoms with van der Waals surface area (Å²) < 4.78 is 120. The van der Waals surface area contributed by atoms with Gasteiger partial charge in [-0.05, 0) is 72.7 Å². The van der Waals surface area contributed by atoms with Gasteiger partial charge < -0.3 is 21.1 Å². The van der Waals surface area contributed by atoms with Crippen LogP contribution in [0.2, 0.25) is 0 Å². The van der Waals surface area contributed by atoms with E-state index in [-0.39, 0.29) is 35.9 Å². The third-order valence-corrected chi connectivity index (χ3v) is 6.90. The largest absolute Gasteiger partial charge is 0.481 e. The Morgan fingerprint density at radius 2 is 1.40 bits per heavy atom. The van der Waals surface area contributed by atoms with E-state index in [9.17, 15) is 49.1 Å². The minimum atomic E-state index is -5.10. The molecule has 6 nitrogen and oxygen atoms in total. The lowest BCUT2D eigenvalue weighted by Crippen LogP contribution is -2.43. The van der Waals surface area contributed by atoms with Gasteiger partial charge in [-0.15, -0.1) is 0 Å². The molecule has 0 spiro atoms. The lowest BCUT2D eigenvalue weighted by molar-refractivity contribution is -0.143. The molecule has 1 aliphatic heterocycles. The van der Waals surface area contributed by atoms with Crippen LogP contribution in [0.4, 0.5) is 50.0 Å². The van der Waals surface area contributed by atoms with Crippen molar-refractivity contribution in [1.82, 2.24) is 4.90 Å². The van der Waals surface area contributed by atoms with Crippen molar-refractivity contribution in [2.75, 3.05) is 5.32 Å². The summed E-state index contributed by atoms with van der Waals surface area (Å²) in [6.07, 6.45) is -13.2. The van der Waals surface area contributed by atoms with Crippen LogP contribution in [0.15, 0.2) is 36.4 Å². The van der Waals surface area contributed by atoms with Crippen molar-refractivity contribution in [3.8, 4) is 0 Å². The quantitative estimate of drug-likeness (QED) is 0.302. The standard InChI is InChI=1S/C23H20F9N3O.C4H8O2/c24-21(25,26)13-3-4-17-16(8-13)19(9-18(34-17)12-1-2-12)35(20(33)36)10-11-5-14(22(27,28)29)7-15(6-11)23(30,31)32;1-3(2)4(5)6/h3-8,12,18-19,34H,1-2,9-10H2,(H2,33,36);3H,1-2H3,(H,5,6)/t18-,19-;/m0./s1. The molecule has 1 aliphatic carbocycles. The molecule has 4 rings (SSSR count). The maximum atomic E-state index is 13.4. The van der Waals surface area contributed by atoms with Crippen LogP contribution in [-0.2, 0) is 29.9 Å². The smallest absolute Gasteiger partial charge is 0.416 e. The highest BCUT2D eigenvalue weighted by atomic mass is 19.4. The van der Waals surface area contributed by atoms with Gasteiger partial charge >= 0.3 is 30.5 Å². The average molecular weight is 614 g/mol. The van der Waals surface area contributed by atoms with E-state index in [0.717, 1.165) is 29.9 Å². The molecule has 2 amide bonds. The number of nitrogens with one attached hydrogen (secondary N) is 1. The highest BCUT2D eigenvalue weighted by Crippen LogP contribution is 2.46. The van der Waals surface area contributed by atoms with Crippen LogP contribution in [0.25, 0.3) is 0 Å². The van der Waals surface area contributed by atoms with E-state index in [0.29, 0.717) is 17.8 Å². The Bertz CT molecular complexity index is 1270. The van der Waals surface area contributed by atoms with Crippen molar-refractivity contribution in [3.05, 3.63) is 64.2 Å². The fourth-order valence-electron chi connectivity index (χ4n) is 4.53. The zero-order chi connectivity index (χ0) is 31.8. The van der Waals surface area contributed by atoms with Crippen molar-refractivity contribution in [3.63, 3.8) is 0 Å². The van der Waals surface area contributed by atoms with E-state index in [1.807, 2.05) is 0 Å². The number of aliphatic carboxylic acids is 1. The van der Waals surface area contributed by atoms with Gasteiger partial charge in [0.25, 0.3) is 0 Å². The van der Waals surface area contributed by atoms with Crippen molar-refractivity contribution in [2.45, 2.75) is 70.3 Å². The monoisotopic (exact) mass is 613 g/mol. The predicted molar refractivity (Wildman–Crippen MR) is 133 cm³/mol. The van der Waals surface area contributed by atoms with E-state index in [4.69, 9.17) is 10.8 Å². The van der Waals surface area contributed by atoms with Gasteiger partial charge in [-0.2, -0.15) is 39.5 Å². The first-order valence-corrected chi connectivity index (χ1v) is 12.7. The maximum absolute atomic E-state index is 13.4. The fourth-order valence-corrected chi connectivity index (χ4v) is 4.53. The summed E-state index contributed by atoms with van der Waals surface area (Å²) in [5.41, 5.74) is 1.14. The molecule has 4 N–H and O–H groups in total. The number of amides is 2. The first kappa shape index (κ1) is 32.9. The lowest BCUT2D eigenvalue weighted by Gasteiger charge is -2.39. The third-order valence-electron chi connectivity index (χ3n) is 6.90. The zero-order valence-electron chi connectivity index (χ0n) is 22.3. The Labute approximate surface area is 234 Å². The van der Waals surface area contributed by atoms with E-state index in [2.05, 4.69) is 5.32 Å². The molecular formula is C27H28F9N3O3. The summed E-state index contributed by atoms with van der Waals surface area (Å²) in [6, 6.07) is 1.22. The Balaban J connectivity index is 0.000000730. The lowest BCUT2D eigenvalue weighted by atomic mass is 9.88. The molecule has 1 fully saturated rings. The molecule has 0 radical (unpaired) electrons. The molecule has 0 saturated heterocycles. The second-order valence-electron chi connectivity index (χ2n) is 10.5. The number of benzene rings is 2. The number of carbonyl (C=O) groups excluding carboxylic acids is 1. The van der Waals surface area contributed by atoms with Gasteiger partial charge in [0.1, 0.15) is 0 Å². The number of primary amides is 1. The summed E-state index contributed by atoms with van der Waals surface area (Å²) >= 11 is 0. The van der Waals surface area contributed by atoms with Gasteiger partial charge in [0.05, 0.1) is 28.7 Å². The van der Waals surface area contributed by atoms with Crippen LogP contribution in [-0.4, -0.2) is 28.0 Å². The number of carboxylic acid groups (broad SMARTS) is 1. The minimum Gasteiger partial charge on any atom is -0.481 e. The number of anilines is 1. The Morgan fingerprint density at radius 3 is 1.81 bits per heavy atom. The topological polar surface area (TPSA) is 95.7 Å². The summed E-state index contributed by atoms with van der Waals surface area (Å²) in [4.78, 5) is 22.9. The maximum Gasteiger partial charge on any atom is 0.416 e. The molecule has 15 heteroatoms. The van der Waals surface area contributed by atoms with Crippen molar-refractivity contribution < 1.29 is 54.2 Å². The van der Waals surface area contributed by atoms with E-state index in [1.165, 1.54) is 6.07 Å². The van der Waals surface area contributed by atoms with Crippen LogP contribution < -0.4 is 11.1 Å². The van der Waals surface area contributed by atoms with Crippen LogP contribution in [0.1, 0.15) is 67.0 Å². The predicted octanol–water partition coefficient (Wildman–Crippen LogP) is 7.69. The Kier molecular flexibility index (Phi) is 9.32. The van der Waals surface area contributed by atoms with Gasteiger partial charge in [-0.3, -0.25) is 4.79 Å². The number of urea groups is 1. The normalized spacial score (nSPS) is 18.9. The average Bonchev–Trinajstić information content (AvgIpc) is 3.70. The number of carbonyl (C=O) groups is 2. The summed E-state index contributed by atoms with van der Waals surface area (Å²) in [6.45, 7) is 2.52. The molecule has 2 atom stereocenters. The summed E-state index contributed by atoms with van der Waals surface area (Å²) in [5, 5.41) is 11.1. The van der Waals surface area contributed by atoms with Gasteiger partial charge in [-0.1, -0.05) is 13.8 Å². The molecule has 2 aromatic rings. The van der Waals surface area contributed by atoms with E-state index < -0.39 is 65.4 Å². The van der Waals surface area contributed by atoms with Gasteiger partial charge in [-0.25, -0.2) is 4.79 Å². The molecule has 1 heterocycles. The van der Waals surface area contributed by atoms with Crippen LogP contribution >= 0.6 is 0 Å². The van der Waals surface area contributed by atoms with Gasteiger partial charge in [0.15, 0.2) is 0 Å². The van der Waals surface area contributed by atoms with E-state index >= 15 is 0 Å². The molecule has 1 saturated carbocycles. The van der Waals surface area contributed by atoms with Gasteiger partial charge in [0, 0.05) is 18.3 Å². The number of carboxylic acids is 1.